The molecule has 35 heavy (non-hydrogen) atoms. The minimum atomic E-state index is -3.58. The summed E-state index contributed by atoms with van der Waals surface area (Å²) in [6, 6.07) is 21.4. The van der Waals surface area contributed by atoms with E-state index in [9.17, 15) is 13.2 Å². The lowest BCUT2D eigenvalue weighted by atomic mass is 9.94. The lowest BCUT2D eigenvalue weighted by Gasteiger charge is -2.34. The van der Waals surface area contributed by atoms with E-state index in [1.807, 2.05) is 48.5 Å². The molecule has 2 unspecified atom stereocenters. The van der Waals surface area contributed by atoms with E-state index in [1.54, 1.807) is 16.4 Å². The number of hydrogen-bond donors (Lipinski definition) is 2. The van der Waals surface area contributed by atoms with Crippen molar-refractivity contribution < 1.29 is 13.2 Å². The molecule has 1 saturated heterocycles. The first-order chi connectivity index (χ1) is 16.8. The number of anilines is 1. The molecule has 1 fully saturated rings. The highest BCUT2D eigenvalue weighted by Gasteiger charge is 2.31. The summed E-state index contributed by atoms with van der Waals surface area (Å²) in [5.74, 6) is 1.12. The summed E-state index contributed by atoms with van der Waals surface area (Å²) >= 11 is 0. The van der Waals surface area contributed by atoms with Crippen molar-refractivity contribution in [2.45, 2.75) is 25.2 Å². The van der Waals surface area contributed by atoms with E-state index in [4.69, 9.17) is 0 Å². The Morgan fingerprint density at radius 1 is 0.943 bits per heavy atom. The van der Waals surface area contributed by atoms with Crippen LogP contribution in [0.25, 0.3) is 22.4 Å². The first-order valence-corrected chi connectivity index (χ1v) is 13.2. The van der Waals surface area contributed by atoms with Crippen LogP contribution >= 0.6 is 0 Å². The van der Waals surface area contributed by atoms with Gasteiger partial charge in [0.05, 0.1) is 15.9 Å². The fourth-order valence-corrected chi connectivity index (χ4v) is 6.41. The van der Waals surface area contributed by atoms with Crippen molar-refractivity contribution in [3.63, 3.8) is 0 Å². The Labute approximate surface area is 205 Å². The molecule has 8 heteroatoms. The number of para-hydroxylation sites is 2. The summed E-state index contributed by atoms with van der Waals surface area (Å²) < 4.78 is 27.7. The molecule has 1 aliphatic rings. The quantitative estimate of drug-likeness (QED) is 0.406. The minimum Gasteiger partial charge on any atom is -0.338 e. The first kappa shape index (κ1) is 23.3. The van der Waals surface area contributed by atoms with E-state index in [0.717, 1.165) is 28.8 Å². The predicted octanol–water partition coefficient (Wildman–Crippen LogP) is 5.15. The van der Waals surface area contributed by atoms with E-state index in [-0.39, 0.29) is 10.8 Å². The second-order valence-electron chi connectivity index (χ2n) is 9.43. The summed E-state index contributed by atoms with van der Waals surface area (Å²) in [5.41, 5.74) is 3.81. The van der Waals surface area contributed by atoms with Gasteiger partial charge >= 0.3 is 0 Å². The summed E-state index contributed by atoms with van der Waals surface area (Å²) in [4.78, 5) is 20.8. The molecule has 5 rings (SSSR count). The van der Waals surface area contributed by atoms with E-state index in [1.165, 1.54) is 12.1 Å². The second kappa shape index (κ2) is 9.28. The molecule has 0 spiro atoms. The van der Waals surface area contributed by atoms with Crippen molar-refractivity contribution in [3.05, 3.63) is 78.4 Å². The van der Waals surface area contributed by atoms with Crippen LogP contribution in [0.3, 0.4) is 0 Å². The highest BCUT2D eigenvalue weighted by molar-refractivity contribution is 7.89. The third-order valence-electron chi connectivity index (χ3n) is 6.40. The Morgan fingerprint density at radius 3 is 2.26 bits per heavy atom. The van der Waals surface area contributed by atoms with Gasteiger partial charge in [-0.05, 0) is 78.9 Å². The standard InChI is InChI=1S/C27H28N4O3S/c1-18-15-19(2)17-31(16-18)35(33,34)23-13-9-21(10-14-23)27(32)28-22-11-7-20(8-12-22)26-29-24-5-3-4-6-25(24)30-26/h3-14,18-19H,15-17H2,1-2H3,(H,28,32)(H,29,30). The third-order valence-corrected chi connectivity index (χ3v) is 8.24. The molecular weight excluding hydrogens is 460 g/mol. The molecule has 0 aliphatic carbocycles. The zero-order chi connectivity index (χ0) is 24.6. The SMILES string of the molecule is CC1CC(C)CN(S(=O)(=O)c2ccc(C(=O)Nc3ccc(-c4nc5ccccc5[nH]4)cc3)cc2)C1. The maximum absolute atomic E-state index is 13.1. The number of nitrogens with one attached hydrogen (secondary N) is 2. The van der Waals surface area contributed by atoms with Crippen molar-refractivity contribution in [2.75, 3.05) is 18.4 Å². The number of amides is 1. The lowest BCUT2D eigenvalue weighted by Crippen LogP contribution is -2.42. The zero-order valence-electron chi connectivity index (χ0n) is 19.7. The average molecular weight is 489 g/mol. The molecule has 1 aliphatic heterocycles. The van der Waals surface area contributed by atoms with Gasteiger partial charge < -0.3 is 10.3 Å². The van der Waals surface area contributed by atoms with Crippen molar-refractivity contribution >= 4 is 32.7 Å². The molecule has 7 nitrogen and oxygen atoms in total. The number of hydrogen-bond acceptors (Lipinski definition) is 4. The van der Waals surface area contributed by atoms with Crippen LogP contribution in [0.4, 0.5) is 5.69 Å². The molecule has 1 amide bonds. The predicted molar refractivity (Wildman–Crippen MR) is 138 cm³/mol. The number of sulfonamides is 1. The Hall–Kier alpha value is -3.49. The maximum atomic E-state index is 13.1. The largest absolute Gasteiger partial charge is 0.338 e. The normalized spacial score (nSPS) is 19.0. The Balaban J connectivity index is 1.27. The number of rotatable bonds is 5. The Kier molecular flexibility index (Phi) is 6.17. The van der Waals surface area contributed by atoms with Gasteiger partial charge in [0.1, 0.15) is 5.82 Å². The minimum absolute atomic E-state index is 0.213. The highest BCUT2D eigenvalue weighted by Crippen LogP contribution is 2.27. The molecule has 180 valence electrons. The summed E-state index contributed by atoms with van der Waals surface area (Å²) in [6.45, 7) is 5.21. The van der Waals surface area contributed by atoms with Gasteiger partial charge in [0.15, 0.2) is 0 Å². The number of piperidine rings is 1. The van der Waals surface area contributed by atoms with Crippen LogP contribution in [-0.2, 0) is 10.0 Å². The van der Waals surface area contributed by atoms with Crippen LogP contribution in [0.15, 0.2) is 77.7 Å². The zero-order valence-corrected chi connectivity index (χ0v) is 20.5. The number of nitrogens with zero attached hydrogens (tertiary/aromatic N) is 2. The number of aromatic nitrogens is 2. The summed E-state index contributed by atoms with van der Waals surface area (Å²) in [5, 5.41) is 2.87. The molecule has 3 aromatic carbocycles. The van der Waals surface area contributed by atoms with Crippen LogP contribution in [0.5, 0.6) is 0 Å². The monoisotopic (exact) mass is 488 g/mol. The van der Waals surface area contributed by atoms with Gasteiger partial charge in [0.25, 0.3) is 5.91 Å². The number of carbonyl (C=O) groups is 1. The van der Waals surface area contributed by atoms with Gasteiger partial charge in [-0.25, -0.2) is 13.4 Å². The number of fused-ring (bicyclic) bond motifs is 1. The van der Waals surface area contributed by atoms with E-state index < -0.39 is 10.0 Å². The molecular formula is C27H28N4O3S. The van der Waals surface area contributed by atoms with E-state index >= 15 is 0 Å². The smallest absolute Gasteiger partial charge is 0.255 e. The van der Waals surface area contributed by atoms with Gasteiger partial charge in [0.2, 0.25) is 10.0 Å². The fraction of sp³-hybridized carbons (Fsp3) is 0.259. The Bertz CT molecular complexity index is 1420. The third kappa shape index (κ3) is 4.85. The molecule has 4 aromatic rings. The van der Waals surface area contributed by atoms with Crippen LogP contribution in [0.1, 0.15) is 30.6 Å². The first-order valence-electron chi connectivity index (χ1n) is 11.8. The number of imidazole rings is 1. The van der Waals surface area contributed by atoms with Crippen LogP contribution in [-0.4, -0.2) is 41.7 Å². The summed E-state index contributed by atoms with van der Waals surface area (Å²) in [7, 11) is -3.58. The number of H-pyrrole nitrogens is 1. The lowest BCUT2D eigenvalue weighted by molar-refractivity contribution is 0.102. The number of carbonyl (C=O) groups excluding carboxylic acids is 1. The number of aromatic amines is 1. The van der Waals surface area contributed by atoms with Crippen molar-refractivity contribution in [3.8, 4) is 11.4 Å². The molecule has 1 aromatic heterocycles. The van der Waals surface area contributed by atoms with Gasteiger partial charge in [0, 0.05) is 29.9 Å². The van der Waals surface area contributed by atoms with Gasteiger partial charge in [-0.2, -0.15) is 4.31 Å². The van der Waals surface area contributed by atoms with Crippen LogP contribution in [0, 0.1) is 11.8 Å². The van der Waals surface area contributed by atoms with E-state index in [0.29, 0.717) is 36.2 Å². The molecule has 0 bridgehead atoms. The van der Waals surface area contributed by atoms with Crippen molar-refractivity contribution in [1.29, 1.82) is 0 Å². The van der Waals surface area contributed by atoms with E-state index in [2.05, 4.69) is 29.1 Å². The summed E-state index contributed by atoms with van der Waals surface area (Å²) in [6.07, 6.45) is 1.03. The van der Waals surface area contributed by atoms with Gasteiger partial charge in [-0.3, -0.25) is 4.79 Å². The molecule has 0 saturated carbocycles. The topological polar surface area (TPSA) is 95.2 Å². The van der Waals surface area contributed by atoms with Crippen LogP contribution in [0.2, 0.25) is 0 Å². The highest BCUT2D eigenvalue weighted by atomic mass is 32.2. The molecule has 2 heterocycles. The molecule has 2 N–H and O–H groups in total. The average Bonchev–Trinajstić information content (AvgIpc) is 3.28. The second-order valence-corrected chi connectivity index (χ2v) is 11.4. The Morgan fingerprint density at radius 2 is 1.60 bits per heavy atom. The van der Waals surface area contributed by atoms with Crippen molar-refractivity contribution in [2.24, 2.45) is 11.8 Å². The van der Waals surface area contributed by atoms with Crippen LogP contribution < -0.4 is 5.32 Å². The maximum Gasteiger partial charge on any atom is 0.255 e. The fourth-order valence-electron chi connectivity index (χ4n) is 4.73. The molecule has 2 atom stereocenters. The molecule has 0 radical (unpaired) electrons. The van der Waals surface area contributed by atoms with Gasteiger partial charge in [-0.1, -0.05) is 26.0 Å². The van der Waals surface area contributed by atoms with Crippen molar-refractivity contribution in [1.82, 2.24) is 14.3 Å². The number of benzene rings is 3. The van der Waals surface area contributed by atoms with Gasteiger partial charge in [-0.15, -0.1) is 0 Å².